The van der Waals surface area contributed by atoms with Gasteiger partial charge in [0, 0.05) is 28.7 Å². The number of aromatic nitrogens is 1. The van der Waals surface area contributed by atoms with Crippen molar-refractivity contribution in [1.82, 2.24) is 4.57 Å². The molecule has 0 spiro atoms. The molecule has 0 aliphatic heterocycles. The molecular formula is C27H19Cl3F3NO5. The Hall–Kier alpha value is -3.40. The van der Waals surface area contributed by atoms with Crippen molar-refractivity contribution in [2.24, 2.45) is 0 Å². The predicted octanol–water partition coefficient (Wildman–Crippen LogP) is 7.94. The van der Waals surface area contributed by atoms with Crippen LogP contribution in [0.5, 0.6) is 11.5 Å². The van der Waals surface area contributed by atoms with Crippen molar-refractivity contribution in [2.75, 3.05) is 0 Å². The van der Waals surface area contributed by atoms with E-state index in [1.165, 1.54) is 31.2 Å². The molecule has 1 aromatic heterocycles. The number of halogens is 6. The molecule has 0 amide bonds. The van der Waals surface area contributed by atoms with Crippen LogP contribution in [-0.4, -0.2) is 33.9 Å². The Bertz CT molecular complexity index is 1580. The lowest BCUT2D eigenvalue weighted by molar-refractivity contribution is -0.274. The van der Waals surface area contributed by atoms with Crippen LogP contribution in [0.2, 0.25) is 15.1 Å². The van der Waals surface area contributed by atoms with Gasteiger partial charge in [0.2, 0.25) is 0 Å². The van der Waals surface area contributed by atoms with Gasteiger partial charge >= 0.3 is 12.3 Å². The van der Waals surface area contributed by atoms with Crippen molar-refractivity contribution in [1.29, 1.82) is 0 Å². The number of carbonyl (C=O) groups is 2. The van der Waals surface area contributed by atoms with Crippen molar-refractivity contribution in [3.05, 3.63) is 92.0 Å². The summed E-state index contributed by atoms with van der Waals surface area (Å²) in [6, 6.07) is 13.0. The van der Waals surface area contributed by atoms with Crippen LogP contribution in [0.15, 0.2) is 54.6 Å². The number of rotatable bonds is 8. The van der Waals surface area contributed by atoms with Gasteiger partial charge in [-0.2, -0.15) is 0 Å². The van der Waals surface area contributed by atoms with Crippen LogP contribution >= 0.6 is 34.8 Å². The van der Waals surface area contributed by atoms with Gasteiger partial charge in [-0.15, -0.1) is 13.2 Å². The number of carboxylic acids is 1. The summed E-state index contributed by atoms with van der Waals surface area (Å²) in [7, 11) is 0. The number of nitrogens with zero attached hydrogens (tertiary/aromatic N) is 1. The molecule has 0 saturated carbocycles. The summed E-state index contributed by atoms with van der Waals surface area (Å²) in [5.41, 5.74) is 1.52. The van der Waals surface area contributed by atoms with Crippen LogP contribution in [0.4, 0.5) is 13.2 Å². The van der Waals surface area contributed by atoms with E-state index in [1.807, 2.05) is 0 Å². The lowest BCUT2D eigenvalue weighted by Crippen LogP contribution is -2.22. The molecule has 0 aliphatic rings. The minimum absolute atomic E-state index is 0.00134. The highest BCUT2D eigenvalue weighted by atomic mass is 35.5. The van der Waals surface area contributed by atoms with Crippen LogP contribution < -0.4 is 9.47 Å². The normalized spacial score (nSPS) is 12.4. The zero-order valence-corrected chi connectivity index (χ0v) is 22.5. The van der Waals surface area contributed by atoms with E-state index in [2.05, 4.69) is 4.74 Å². The van der Waals surface area contributed by atoms with E-state index >= 15 is 0 Å². The summed E-state index contributed by atoms with van der Waals surface area (Å²) >= 11 is 18.6. The number of ether oxygens (including phenoxy) is 2. The zero-order valence-electron chi connectivity index (χ0n) is 20.3. The average molecular weight is 601 g/mol. The molecule has 3 aromatic carbocycles. The first-order chi connectivity index (χ1) is 18.2. The van der Waals surface area contributed by atoms with E-state index in [0.29, 0.717) is 16.6 Å². The molecule has 6 nitrogen and oxygen atoms in total. The van der Waals surface area contributed by atoms with Gasteiger partial charge in [-0.1, -0.05) is 46.9 Å². The Balaban J connectivity index is 1.86. The first-order valence-electron chi connectivity index (χ1n) is 11.3. The Morgan fingerprint density at radius 2 is 1.64 bits per heavy atom. The first kappa shape index (κ1) is 28.6. The van der Waals surface area contributed by atoms with Gasteiger partial charge in [-0.25, -0.2) is 4.79 Å². The molecule has 204 valence electrons. The highest BCUT2D eigenvalue weighted by molar-refractivity contribution is 6.43. The van der Waals surface area contributed by atoms with E-state index < -0.39 is 30.0 Å². The van der Waals surface area contributed by atoms with E-state index in [0.717, 1.165) is 6.07 Å². The fourth-order valence-electron chi connectivity index (χ4n) is 4.18. The molecule has 0 saturated heterocycles. The summed E-state index contributed by atoms with van der Waals surface area (Å²) in [4.78, 5) is 24.9. The molecule has 0 unspecified atom stereocenters. The molecule has 12 heteroatoms. The van der Waals surface area contributed by atoms with Crippen molar-refractivity contribution >= 4 is 57.5 Å². The Morgan fingerprint density at radius 3 is 2.26 bits per heavy atom. The lowest BCUT2D eigenvalue weighted by Gasteiger charge is -2.14. The monoisotopic (exact) mass is 599 g/mol. The molecule has 0 aliphatic carbocycles. The number of ketones is 1. The van der Waals surface area contributed by atoms with E-state index in [1.54, 1.807) is 35.8 Å². The third-order valence-electron chi connectivity index (χ3n) is 5.89. The van der Waals surface area contributed by atoms with Gasteiger partial charge in [0.05, 0.1) is 26.7 Å². The molecule has 1 heterocycles. The standard InChI is InChI=1S/C27H19Cl3F3NO5/c1-13-23(25(35)24-20(29)9-16(28)10-21(24)30)19-7-6-18(39-27(31,32)33)11-22(19)34(13)12-15-4-3-5-17(8-15)38-14(2)26(36)37/h3-11,14H,12H2,1-2H3,(H,36,37)/t14-/m0/s1. The van der Waals surface area contributed by atoms with Crippen molar-refractivity contribution < 1.29 is 37.3 Å². The van der Waals surface area contributed by atoms with Gasteiger partial charge in [-0.05, 0) is 55.8 Å². The summed E-state index contributed by atoms with van der Waals surface area (Å²) in [5, 5.41) is 9.75. The average Bonchev–Trinajstić information content (AvgIpc) is 3.08. The van der Waals surface area contributed by atoms with Crippen molar-refractivity contribution in [3.63, 3.8) is 0 Å². The molecule has 39 heavy (non-hydrogen) atoms. The summed E-state index contributed by atoms with van der Waals surface area (Å²) in [6.45, 7) is 3.12. The van der Waals surface area contributed by atoms with Crippen LogP contribution in [-0.2, 0) is 11.3 Å². The smallest absolute Gasteiger partial charge is 0.479 e. The molecular weight excluding hydrogens is 582 g/mol. The van der Waals surface area contributed by atoms with Gasteiger partial charge < -0.3 is 19.1 Å². The van der Waals surface area contributed by atoms with Crippen molar-refractivity contribution in [3.8, 4) is 11.5 Å². The quantitative estimate of drug-likeness (QED) is 0.208. The minimum atomic E-state index is -4.92. The number of carbonyl (C=O) groups excluding carboxylic acids is 1. The third-order valence-corrected chi connectivity index (χ3v) is 6.70. The predicted molar refractivity (Wildman–Crippen MR) is 142 cm³/mol. The highest BCUT2D eigenvalue weighted by Gasteiger charge is 2.32. The summed E-state index contributed by atoms with van der Waals surface area (Å²) in [5.74, 6) is -1.87. The molecule has 0 bridgehead atoms. The van der Waals surface area contributed by atoms with Gasteiger partial charge in [0.15, 0.2) is 11.9 Å². The second-order valence-electron chi connectivity index (χ2n) is 8.59. The summed E-state index contributed by atoms with van der Waals surface area (Å²) < 4.78 is 50.1. The van der Waals surface area contributed by atoms with Crippen LogP contribution in [0.25, 0.3) is 10.9 Å². The Morgan fingerprint density at radius 1 is 0.974 bits per heavy atom. The van der Waals surface area contributed by atoms with E-state index in [-0.39, 0.29) is 44.0 Å². The van der Waals surface area contributed by atoms with Crippen LogP contribution in [0.1, 0.15) is 34.1 Å². The lowest BCUT2D eigenvalue weighted by atomic mass is 10.00. The van der Waals surface area contributed by atoms with Gasteiger partial charge in [0.25, 0.3) is 0 Å². The van der Waals surface area contributed by atoms with Crippen molar-refractivity contribution in [2.45, 2.75) is 32.9 Å². The number of benzene rings is 3. The SMILES string of the molecule is Cc1c(C(=O)c2c(Cl)cc(Cl)cc2Cl)c2ccc(OC(F)(F)F)cc2n1Cc1cccc(O[C@@H](C)C(=O)O)c1. The molecule has 4 rings (SSSR count). The number of hydrogen-bond acceptors (Lipinski definition) is 4. The second-order valence-corrected chi connectivity index (χ2v) is 9.84. The highest BCUT2D eigenvalue weighted by Crippen LogP contribution is 2.37. The largest absolute Gasteiger partial charge is 0.573 e. The Labute approximate surface area is 235 Å². The third kappa shape index (κ3) is 6.27. The van der Waals surface area contributed by atoms with Crippen LogP contribution in [0, 0.1) is 6.92 Å². The second kappa shape index (κ2) is 11.0. The van der Waals surface area contributed by atoms with E-state index in [4.69, 9.17) is 44.6 Å². The van der Waals surface area contributed by atoms with Crippen LogP contribution in [0.3, 0.4) is 0 Å². The molecule has 0 radical (unpaired) electrons. The van der Waals surface area contributed by atoms with E-state index in [9.17, 15) is 22.8 Å². The van der Waals surface area contributed by atoms with Gasteiger partial charge in [0.1, 0.15) is 11.5 Å². The molecule has 0 fully saturated rings. The number of alkyl halides is 3. The first-order valence-corrected chi connectivity index (χ1v) is 12.4. The number of carboxylic acid groups (broad SMARTS) is 1. The minimum Gasteiger partial charge on any atom is -0.479 e. The topological polar surface area (TPSA) is 77.8 Å². The molecule has 4 aromatic rings. The summed E-state index contributed by atoms with van der Waals surface area (Å²) in [6.07, 6.45) is -6.02. The fourth-order valence-corrected chi connectivity index (χ4v) is 5.17. The maximum Gasteiger partial charge on any atom is 0.573 e. The fraction of sp³-hybridized carbons (Fsp3) is 0.185. The number of fused-ring (bicyclic) bond motifs is 1. The number of aliphatic carboxylic acids is 1. The van der Waals surface area contributed by atoms with Gasteiger partial charge in [-0.3, -0.25) is 4.79 Å². The maximum atomic E-state index is 13.7. The molecule has 1 N–H and O–H groups in total. The zero-order chi connectivity index (χ0) is 28.6. The number of hydrogen-bond donors (Lipinski definition) is 1. The molecule has 1 atom stereocenters. The maximum absolute atomic E-state index is 13.7. The Kier molecular flexibility index (Phi) is 8.07.